The molecule has 182 valence electrons. The Balaban J connectivity index is 1.94. The number of aryl methyl sites for hydroxylation is 2. The molecule has 0 aliphatic rings. The van der Waals surface area contributed by atoms with Crippen molar-refractivity contribution in [1.82, 2.24) is 0 Å². The van der Waals surface area contributed by atoms with Crippen molar-refractivity contribution in [1.29, 1.82) is 0 Å². The van der Waals surface area contributed by atoms with Crippen molar-refractivity contribution in [2.75, 3.05) is 38.0 Å². The number of rotatable bonds is 7. The fourth-order valence-electron chi connectivity index (χ4n) is 4.54. The predicted octanol–water partition coefficient (Wildman–Crippen LogP) is 8.00. The van der Waals surface area contributed by atoms with Gasteiger partial charge in [-0.2, -0.15) is 0 Å². The Bertz CT molecular complexity index is 1280. The fourth-order valence-corrected chi connectivity index (χ4v) is 4.54. The van der Waals surface area contributed by atoms with Crippen LogP contribution in [0.25, 0.3) is 11.1 Å². The first-order valence-corrected chi connectivity index (χ1v) is 12.4. The first-order valence-electron chi connectivity index (χ1n) is 12.4. The van der Waals surface area contributed by atoms with E-state index in [9.17, 15) is 0 Å². The summed E-state index contributed by atoms with van der Waals surface area (Å²) in [5.74, 6) is 0. The normalized spacial score (nSPS) is 10.5. The molecular formula is C34H36N2. The molecular weight excluding hydrogens is 436 g/mol. The van der Waals surface area contributed by atoms with Crippen LogP contribution in [-0.2, 0) is 0 Å². The maximum absolute atomic E-state index is 2.30. The van der Waals surface area contributed by atoms with Gasteiger partial charge in [-0.25, -0.2) is 0 Å². The standard InChI is InChI=1S/C34H36N2/c1-25-23-29(35(3)4)17-19-31(25)34(32-20-18-30(36(5)6)24-26(32)2)22-21-33(27-13-9-7-10-14-27)28-15-11-8-12-16-28/h7-24H,1-6H3. The monoisotopic (exact) mass is 472 g/mol. The summed E-state index contributed by atoms with van der Waals surface area (Å²) in [7, 11) is 8.35. The highest BCUT2D eigenvalue weighted by molar-refractivity contribution is 5.88. The Hall–Kier alpha value is -4.04. The minimum absolute atomic E-state index is 1.21. The lowest BCUT2D eigenvalue weighted by atomic mass is 9.89. The van der Waals surface area contributed by atoms with Crippen molar-refractivity contribution in [2.45, 2.75) is 13.8 Å². The van der Waals surface area contributed by atoms with Gasteiger partial charge in [-0.05, 0) is 82.6 Å². The molecule has 0 saturated carbocycles. The Labute approximate surface area is 216 Å². The summed E-state index contributed by atoms with van der Waals surface area (Å²) in [5.41, 5.74) is 12.3. The van der Waals surface area contributed by atoms with Crippen molar-refractivity contribution >= 4 is 22.5 Å². The van der Waals surface area contributed by atoms with Gasteiger partial charge in [0.25, 0.3) is 0 Å². The maximum Gasteiger partial charge on any atom is 0.0364 e. The van der Waals surface area contributed by atoms with E-state index >= 15 is 0 Å². The minimum atomic E-state index is 1.21. The van der Waals surface area contributed by atoms with Crippen LogP contribution in [0.2, 0.25) is 0 Å². The van der Waals surface area contributed by atoms with Crippen LogP contribution in [0.5, 0.6) is 0 Å². The topological polar surface area (TPSA) is 6.48 Å². The van der Waals surface area contributed by atoms with Gasteiger partial charge in [-0.15, -0.1) is 0 Å². The maximum atomic E-state index is 2.30. The van der Waals surface area contributed by atoms with Gasteiger partial charge in [0, 0.05) is 39.6 Å². The van der Waals surface area contributed by atoms with E-state index in [1.165, 1.54) is 55.9 Å². The van der Waals surface area contributed by atoms with Gasteiger partial charge < -0.3 is 9.80 Å². The number of nitrogens with zero attached hydrogens (tertiary/aromatic N) is 2. The molecule has 4 aromatic carbocycles. The molecule has 0 saturated heterocycles. The third kappa shape index (κ3) is 5.60. The molecule has 36 heavy (non-hydrogen) atoms. The lowest BCUT2D eigenvalue weighted by Gasteiger charge is -2.20. The zero-order valence-electron chi connectivity index (χ0n) is 22.3. The number of allylic oxidation sites excluding steroid dienone is 2. The van der Waals surface area contributed by atoms with Gasteiger partial charge in [0.05, 0.1) is 0 Å². The van der Waals surface area contributed by atoms with E-state index in [2.05, 4.69) is 161 Å². The summed E-state index contributed by atoms with van der Waals surface area (Å²) in [6.45, 7) is 4.41. The van der Waals surface area contributed by atoms with Gasteiger partial charge in [-0.3, -0.25) is 0 Å². The highest BCUT2D eigenvalue weighted by Gasteiger charge is 2.13. The minimum Gasteiger partial charge on any atom is -0.378 e. The zero-order chi connectivity index (χ0) is 25.7. The summed E-state index contributed by atoms with van der Waals surface area (Å²) < 4.78 is 0. The van der Waals surface area contributed by atoms with E-state index < -0.39 is 0 Å². The molecule has 0 radical (unpaired) electrons. The quantitative estimate of drug-likeness (QED) is 0.251. The van der Waals surface area contributed by atoms with Crippen molar-refractivity contribution in [3.8, 4) is 0 Å². The summed E-state index contributed by atoms with van der Waals surface area (Å²) in [4.78, 5) is 4.31. The van der Waals surface area contributed by atoms with Crippen molar-refractivity contribution in [3.05, 3.63) is 143 Å². The van der Waals surface area contributed by atoms with E-state index in [-0.39, 0.29) is 0 Å². The van der Waals surface area contributed by atoms with Crippen LogP contribution in [0, 0.1) is 13.8 Å². The molecule has 0 N–H and O–H groups in total. The molecule has 0 atom stereocenters. The molecule has 0 fully saturated rings. The predicted molar refractivity (Wildman–Crippen MR) is 158 cm³/mol. The Kier molecular flexibility index (Phi) is 7.75. The van der Waals surface area contributed by atoms with Crippen molar-refractivity contribution < 1.29 is 0 Å². The largest absolute Gasteiger partial charge is 0.378 e. The highest BCUT2D eigenvalue weighted by atomic mass is 15.1. The molecule has 0 aliphatic heterocycles. The molecule has 0 unspecified atom stereocenters. The molecule has 0 amide bonds. The molecule has 0 bridgehead atoms. The second kappa shape index (κ2) is 11.1. The molecule has 0 spiro atoms. The van der Waals surface area contributed by atoms with Gasteiger partial charge in [0.15, 0.2) is 0 Å². The van der Waals surface area contributed by atoms with Crippen LogP contribution in [0.4, 0.5) is 11.4 Å². The summed E-state index contributed by atoms with van der Waals surface area (Å²) in [5, 5.41) is 0. The van der Waals surface area contributed by atoms with Crippen LogP contribution in [0.3, 0.4) is 0 Å². The third-order valence-electron chi connectivity index (χ3n) is 6.62. The smallest absolute Gasteiger partial charge is 0.0364 e. The lowest BCUT2D eigenvalue weighted by Crippen LogP contribution is -2.09. The van der Waals surface area contributed by atoms with E-state index in [1.54, 1.807) is 0 Å². The highest BCUT2D eigenvalue weighted by Crippen LogP contribution is 2.33. The van der Waals surface area contributed by atoms with E-state index in [1.807, 2.05) is 0 Å². The Morgan fingerprint density at radius 2 is 0.889 bits per heavy atom. The zero-order valence-corrected chi connectivity index (χ0v) is 22.3. The Morgan fingerprint density at radius 3 is 1.25 bits per heavy atom. The average Bonchev–Trinajstić information content (AvgIpc) is 2.88. The lowest BCUT2D eigenvalue weighted by molar-refractivity contribution is 1.12. The van der Waals surface area contributed by atoms with Crippen LogP contribution in [0.1, 0.15) is 33.4 Å². The molecule has 0 aliphatic carbocycles. The number of anilines is 2. The van der Waals surface area contributed by atoms with Gasteiger partial charge >= 0.3 is 0 Å². The Morgan fingerprint density at radius 1 is 0.500 bits per heavy atom. The first-order chi connectivity index (χ1) is 17.3. The number of benzene rings is 4. The van der Waals surface area contributed by atoms with Gasteiger partial charge in [0.2, 0.25) is 0 Å². The van der Waals surface area contributed by atoms with Crippen molar-refractivity contribution in [2.24, 2.45) is 0 Å². The molecule has 0 heterocycles. The molecule has 4 rings (SSSR count). The molecule has 2 heteroatoms. The van der Waals surface area contributed by atoms with Crippen molar-refractivity contribution in [3.63, 3.8) is 0 Å². The van der Waals surface area contributed by atoms with E-state index in [0.29, 0.717) is 0 Å². The third-order valence-corrected chi connectivity index (χ3v) is 6.62. The van der Waals surface area contributed by atoms with Crippen LogP contribution in [-0.4, -0.2) is 28.2 Å². The summed E-state index contributed by atoms with van der Waals surface area (Å²) in [6.07, 6.45) is 4.57. The summed E-state index contributed by atoms with van der Waals surface area (Å²) in [6, 6.07) is 34.7. The fraction of sp³-hybridized carbons (Fsp3) is 0.176. The molecule has 4 aromatic rings. The number of hydrogen-bond donors (Lipinski definition) is 0. The SMILES string of the molecule is Cc1cc(N(C)C)ccc1C(=CC=C(c1ccccc1)c1ccccc1)c1ccc(N(C)C)cc1C. The van der Waals surface area contributed by atoms with Crippen LogP contribution in [0.15, 0.2) is 109 Å². The second-order valence-corrected chi connectivity index (χ2v) is 9.68. The first kappa shape index (κ1) is 25.1. The van der Waals surface area contributed by atoms with Crippen LogP contribution >= 0.6 is 0 Å². The molecule has 2 nitrogen and oxygen atoms in total. The second-order valence-electron chi connectivity index (χ2n) is 9.68. The van der Waals surface area contributed by atoms with Crippen LogP contribution < -0.4 is 9.80 Å². The van der Waals surface area contributed by atoms with Gasteiger partial charge in [0.1, 0.15) is 0 Å². The van der Waals surface area contributed by atoms with E-state index in [4.69, 9.17) is 0 Å². The van der Waals surface area contributed by atoms with E-state index in [0.717, 1.165) is 0 Å². The number of hydrogen-bond acceptors (Lipinski definition) is 2. The summed E-state index contributed by atoms with van der Waals surface area (Å²) >= 11 is 0. The molecule has 0 aromatic heterocycles. The average molecular weight is 473 g/mol. The van der Waals surface area contributed by atoms with Gasteiger partial charge in [-0.1, -0.05) is 84.9 Å².